The molecule has 0 aliphatic heterocycles. The maximum atomic E-state index is 8.24. The predicted molar refractivity (Wildman–Crippen MR) is 33.8 cm³/mol. The van der Waals surface area contributed by atoms with Crippen LogP contribution in [0.1, 0.15) is 0 Å². The molecule has 0 aromatic heterocycles. The summed E-state index contributed by atoms with van der Waals surface area (Å²) < 4.78 is 0. The Balaban J connectivity index is 2.91. The predicted octanol–water partition coefficient (Wildman–Crippen LogP) is -1.66. The Kier molecular flexibility index (Phi) is 5.12. The topological polar surface area (TPSA) is 80.9 Å². The van der Waals surface area contributed by atoms with Crippen LogP contribution in [0.25, 0.3) is 0 Å². The van der Waals surface area contributed by atoms with Crippen molar-refractivity contribution in [2.24, 2.45) is 0 Å². The zero-order valence-electron chi connectivity index (χ0n) is 4.77. The molecule has 0 saturated heterocycles. The molecule has 0 amide bonds. The minimum absolute atomic E-state index is 0.109. The molecular formula is C4H10O4S. The fraction of sp³-hybridized carbons (Fsp3) is 1.00. The number of aliphatic hydroxyl groups excluding tert-OH is 2. The number of hydrogen-bond donors (Lipinski definition) is 4. The van der Waals surface area contributed by atoms with Gasteiger partial charge in [-0.25, -0.2) is 0 Å². The third-order valence-electron chi connectivity index (χ3n) is 0.534. The summed E-state index contributed by atoms with van der Waals surface area (Å²) in [6, 6.07) is 0. The number of hydrogen-bond acceptors (Lipinski definition) is 5. The fourth-order valence-electron chi connectivity index (χ4n) is 0.279. The van der Waals surface area contributed by atoms with Gasteiger partial charge in [-0.3, -0.25) is 0 Å². The zero-order chi connectivity index (χ0) is 7.28. The van der Waals surface area contributed by atoms with E-state index < -0.39 is 12.6 Å². The lowest BCUT2D eigenvalue weighted by molar-refractivity contribution is -0.0226. The van der Waals surface area contributed by atoms with Crippen LogP contribution in [0.15, 0.2) is 0 Å². The lowest BCUT2D eigenvalue weighted by Crippen LogP contribution is -2.12. The number of rotatable bonds is 4. The third kappa shape index (κ3) is 8.19. The lowest BCUT2D eigenvalue weighted by atomic mass is 10.8. The van der Waals surface area contributed by atoms with Gasteiger partial charge in [-0.15, -0.1) is 0 Å². The van der Waals surface area contributed by atoms with Gasteiger partial charge in [0, 0.05) is 11.5 Å². The van der Waals surface area contributed by atoms with Crippen LogP contribution in [0.5, 0.6) is 0 Å². The highest BCUT2D eigenvalue weighted by atomic mass is 32.2. The van der Waals surface area contributed by atoms with Crippen LogP contribution < -0.4 is 0 Å². The summed E-state index contributed by atoms with van der Waals surface area (Å²) in [7, 11) is 0. The molecule has 0 aromatic carbocycles. The average molecular weight is 154 g/mol. The molecule has 0 bridgehead atoms. The van der Waals surface area contributed by atoms with Crippen molar-refractivity contribution in [3.63, 3.8) is 0 Å². The van der Waals surface area contributed by atoms with E-state index in [1.807, 2.05) is 0 Å². The average Bonchev–Trinajstić information content (AvgIpc) is 1.63. The first-order chi connectivity index (χ1) is 4.13. The summed E-state index contributed by atoms with van der Waals surface area (Å²) in [6.07, 6.45) is -2.73. The summed E-state index contributed by atoms with van der Waals surface area (Å²) in [6.45, 7) is 0. The lowest BCUT2D eigenvalue weighted by Gasteiger charge is -2.03. The number of aliphatic hydroxyl groups is 4. The van der Waals surface area contributed by atoms with Crippen molar-refractivity contribution >= 4 is 11.8 Å². The van der Waals surface area contributed by atoms with Crippen LogP contribution >= 0.6 is 11.8 Å². The van der Waals surface area contributed by atoms with Gasteiger partial charge in [-0.05, 0) is 0 Å². The SMILES string of the molecule is OC(O)CSCC(O)O. The van der Waals surface area contributed by atoms with Gasteiger partial charge in [0.1, 0.15) is 0 Å². The van der Waals surface area contributed by atoms with E-state index in [-0.39, 0.29) is 11.5 Å². The highest BCUT2D eigenvalue weighted by Gasteiger charge is 2.00. The molecule has 4 nitrogen and oxygen atoms in total. The van der Waals surface area contributed by atoms with Gasteiger partial charge >= 0.3 is 0 Å². The van der Waals surface area contributed by atoms with E-state index in [9.17, 15) is 0 Å². The van der Waals surface area contributed by atoms with Gasteiger partial charge < -0.3 is 20.4 Å². The van der Waals surface area contributed by atoms with Gasteiger partial charge in [-0.1, -0.05) is 0 Å². The van der Waals surface area contributed by atoms with Gasteiger partial charge in [0.05, 0.1) is 0 Å². The van der Waals surface area contributed by atoms with Crippen molar-refractivity contribution in [2.75, 3.05) is 11.5 Å². The normalized spacial score (nSPS) is 11.3. The van der Waals surface area contributed by atoms with E-state index in [0.29, 0.717) is 0 Å². The van der Waals surface area contributed by atoms with Crippen molar-refractivity contribution in [1.29, 1.82) is 0 Å². The van der Waals surface area contributed by atoms with Crippen molar-refractivity contribution in [3.8, 4) is 0 Å². The molecule has 56 valence electrons. The Morgan fingerprint density at radius 2 is 1.22 bits per heavy atom. The van der Waals surface area contributed by atoms with E-state index in [1.165, 1.54) is 0 Å². The molecule has 0 unspecified atom stereocenters. The Morgan fingerprint density at radius 3 is 1.44 bits per heavy atom. The molecule has 4 N–H and O–H groups in total. The summed E-state index contributed by atoms with van der Waals surface area (Å²) in [5, 5.41) is 32.9. The van der Waals surface area contributed by atoms with Crippen LogP contribution in [-0.4, -0.2) is 44.5 Å². The molecule has 0 aromatic rings. The summed E-state index contributed by atoms with van der Waals surface area (Å²) >= 11 is 1.07. The van der Waals surface area contributed by atoms with Crippen LogP contribution in [0.3, 0.4) is 0 Å². The highest BCUT2D eigenvalue weighted by molar-refractivity contribution is 7.99. The molecule has 0 aliphatic carbocycles. The molecular weight excluding hydrogens is 144 g/mol. The molecule has 0 rings (SSSR count). The smallest absolute Gasteiger partial charge is 0.160 e. The molecule has 9 heavy (non-hydrogen) atoms. The van der Waals surface area contributed by atoms with Crippen LogP contribution in [0.2, 0.25) is 0 Å². The molecule has 0 radical (unpaired) electrons. The minimum Gasteiger partial charge on any atom is -0.367 e. The van der Waals surface area contributed by atoms with Crippen molar-refractivity contribution < 1.29 is 20.4 Å². The van der Waals surface area contributed by atoms with E-state index in [4.69, 9.17) is 20.4 Å². The maximum absolute atomic E-state index is 8.24. The third-order valence-corrected chi connectivity index (χ3v) is 1.60. The van der Waals surface area contributed by atoms with E-state index in [0.717, 1.165) is 11.8 Å². The highest BCUT2D eigenvalue weighted by Crippen LogP contribution is 2.01. The monoisotopic (exact) mass is 154 g/mol. The molecule has 0 atom stereocenters. The van der Waals surface area contributed by atoms with Crippen molar-refractivity contribution in [3.05, 3.63) is 0 Å². The second-order valence-electron chi connectivity index (χ2n) is 1.50. The van der Waals surface area contributed by atoms with Crippen LogP contribution in [0, 0.1) is 0 Å². The Hall–Kier alpha value is 0.190. The van der Waals surface area contributed by atoms with Crippen LogP contribution in [0.4, 0.5) is 0 Å². The van der Waals surface area contributed by atoms with E-state index in [1.54, 1.807) is 0 Å². The largest absolute Gasteiger partial charge is 0.367 e. The molecule has 0 fully saturated rings. The van der Waals surface area contributed by atoms with E-state index >= 15 is 0 Å². The maximum Gasteiger partial charge on any atom is 0.160 e. The second kappa shape index (κ2) is 5.01. The Bertz CT molecular complexity index is 57.6. The molecule has 0 spiro atoms. The van der Waals surface area contributed by atoms with Gasteiger partial charge in [-0.2, -0.15) is 11.8 Å². The van der Waals surface area contributed by atoms with Crippen LogP contribution in [-0.2, 0) is 0 Å². The first-order valence-corrected chi connectivity index (χ1v) is 3.58. The second-order valence-corrected chi connectivity index (χ2v) is 2.57. The number of thioether (sulfide) groups is 1. The van der Waals surface area contributed by atoms with Crippen molar-refractivity contribution in [2.45, 2.75) is 12.6 Å². The first-order valence-electron chi connectivity index (χ1n) is 2.43. The molecule has 5 heteroatoms. The van der Waals surface area contributed by atoms with Gasteiger partial charge in [0.15, 0.2) is 12.6 Å². The van der Waals surface area contributed by atoms with E-state index in [2.05, 4.69) is 0 Å². The standard InChI is InChI=1S/C4H10O4S/c5-3(6)1-9-2-4(7)8/h3-8H,1-2H2. The first kappa shape index (κ1) is 9.19. The summed E-state index contributed by atoms with van der Waals surface area (Å²) in [5.74, 6) is 0.218. The van der Waals surface area contributed by atoms with Gasteiger partial charge in [0.25, 0.3) is 0 Å². The summed E-state index contributed by atoms with van der Waals surface area (Å²) in [5.41, 5.74) is 0. The molecule has 0 heterocycles. The molecule has 0 aliphatic rings. The fourth-order valence-corrected chi connectivity index (χ4v) is 0.837. The van der Waals surface area contributed by atoms with Crippen molar-refractivity contribution in [1.82, 2.24) is 0 Å². The summed E-state index contributed by atoms with van der Waals surface area (Å²) in [4.78, 5) is 0. The minimum atomic E-state index is -1.37. The Morgan fingerprint density at radius 1 is 0.889 bits per heavy atom. The molecule has 0 saturated carbocycles. The Labute approximate surface area is 57.1 Å². The quantitative estimate of drug-likeness (QED) is 0.364. The zero-order valence-corrected chi connectivity index (χ0v) is 5.58. The van der Waals surface area contributed by atoms with Gasteiger partial charge in [0.2, 0.25) is 0 Å².